The maximum atomic E-state index is 13.7. The summed E-state index contributed by atoms with van der Waals surface area (Å²) in [6.07, 6.45) is 5.91. The summed E-state index contributed by atoms with van der Waals surface area (Å²) in [6.45, 7) is 2.77. The van der Waals surface area contributed by atoms with Crippen molar-refractivity contribution >= 4 is 16.7 Å². The Bertz CT molecular complexity index is 936. The molecule has 0 aliphatic carbocycles. The molecule has 1 saturated heterocycles. The SMILES string of the molecule is Fc1ccc2ncnc(N3CCCC(c4nnc5n4CCC5)C3)c2c1. The summed E-state index contributed by atoms with van der Waals surface area (Å²) >= 11 is 0. The average molecular weight is 338 g/mol. The normalized spacial score (nSPS) is 20.2. The third-order valence-corrected chi connectivity index (χ3v) is 5.30. The van der Waals surface area contributed by atoms with Crippen LogP contribution in [0.2, 0.25) is 0 Å². The second-order valence-electron chi connectivity index (χ2n) is 6.87. The minimum Gasteiger partial charge on any atom is -0.355 e. The van der Waals surface area contributed by atoms with Crippen molar-refractivity contribution in [3.05, 3.63) is 42.0 Å². The van der Waals surface area contributed by atoms with Gasteiger partial charge in [0.15, 0.2) is 0 Å². The van der Waals surface area contributed by atoms with Gasteiger partial charge in [0.05, 0.1) is 5.52 Å². The van der Waals surface area contributed by atoms with Crippen molar-refractivity contribution < 1.29 is 4.39 Å². The fraction of sp³-hybridized carbons (Fsp3) is 0.444. The zero-order chi connectivity index (χ0) is 16.8. The predicted octanol–water partition coefficient (Wildman–Crippen LogP) is 2.69. The molecular weight excluding hydrogens is 319 g/mol. The first-order chi connectivity index (χ1) is 12.3. The molecule has 5 rings (SSSR count). The zero-order valence-corrected chi connectivity index (χ0v) is 13.9. The number of anilines is 1. The molecule has 1 aromatic carbocycles. The summed E-state index contributed by atoms with van der Waals surface area (Å²) in [5.41, 5.74) is 0.775. The second-order valence-corrected chi connectivity index (χ2v) is 6.87. The van der Waals surface area contributed by atoms with Gasteiger partial charge in [0.1, 0.15) is 29.6 Å². The quantitative estimate of drug-likeness (QED) is 0.719. The molecule has 6 nitrogen and oxygen atoms in total. The third-order valence-electron chi connectivity index (χ3n) is 5.30. The molecule has 1 atom stereocenters. The first-order valence-electron chi connectivity index (χ1n) is 8.87. The Hall–Kier alpha value is -2.57. The Labute approximate surface area is 144 Å². The highest BCUT2D eigenvalue weighted by atomic mass is 19.1. The van der Waals surface area contributed by atoms with Gasteiger partial charge in [-0.25, -0.2) is 14.4 Å². The van der Waals surface area contributed by atoms with Crippen molar-refractivity contribution in [3.63, 3.8) is 0 Å². The van der Waals surface area contributed by atoms with Crippen LogP contribution in [-0.2, 0) is 13.0 Å². The van der Waals surface area contributed by atoms with Crippen molar-refractivity contribution in [2.45, 2.75) is 38.1 Å². The summed E-state index contributed by atoms with van der Waals surface area (Å²) < 4.78 is 16.0. The van der Waals surface area contributed by atoms with Gasteiger partial charge in [0, 0.05) is 37.4 Å². The summed E-state index contributed by atoms with van der Waals surface area (Å²) in [4.78, 5) is 11.0. The van der Waals surface area contributed by atoms with Crippen LogP contribution in [0.25, 0.3) is 10.9 Å². The van der Waals surface area contributed by atoms with Gasteiger partial charge in [-0.3, -0.25) is 0 Å². The van der Waals surface area contributed by atoms with Crippen LogP contribution >= 0.6 is 0 Å². The lowest BCUT2D eigenvalue weighted by Crippen LogP contribution is -2.36. The lowest BCUT2D eigenvalue weighted by atomic mass is 9.96. The number of aryl methyl sites for hydroxylation is 1. The number of hydrogen-bond donors (Lipinski definition) is 0. The number of halogens is 1. The number of hydrogen-bond acceptors (Lipinski definition) is 5. The first-order valence-corrected chi connectivity index (χ1v) is 8.87. The van der Waals surface area contributed by atoms with E-state index in [1.807, 2.05) is 0 Å². The van der Waals surface area contributed by atoms with Crippen LogP contribution in [0, 0.1) is 5.82 Å². The molecule has 0 spiro atoms. The molecular formula is C18H19FN6. The molecule has 0 amide bonds. The van der Waals surface area contributed by atoms with E-state index in [0.717, 1.165) is 73.7 Å². The zero-order valence-electron chi connectivity index (χ0n) is 13.9. The number of rotatable bonds is 2. The van der Waals surface area contributed by atoms with Crippen molar-refractivity contribution in [3.8, 4) is 0 Å². The largest absolute Gasteiger partial charge is 0.355 e. The molecule has 1 unspecified atom stereocenters. The van der Waals surface area contributed by atoms with E-state index >= 15 is 0 Å². The minimum atomic E-state index is -0.257. The van der Waals surface area contributed by atoms with Gasteiger partial charge in [-0.15, -0.1) is 10.2 Å². The van der Waals surface area contributed by atoms with E-state index in [2.05, 4.69) is 29.6 Å². The number of fused-ring (bicyclic) bond motifs is 2. The lowest BCUT2D eigenvalue weighted by molar-refractivity contribution is 0.471. The monoisotopic (exact) mass is 338 g/mol. The molecule has 0 radical (unpaired) electrons. The number of benzene rings is 1. The van der Waals surface area contributed by atoms with Crippen molar-refractivity contribution in [1.82, 2.24) is 24.7 Å². The molecule has 128 valence electrons. The first kappa shape index (κ1) is 14.7. The van der Waals surface area contributed by atoms with E-state index in [1.54, 1.807) is 12.4 Å². The van der Waals surface area contributed by atoms with Gasteiger partial charge in [-0.1, -0.05) is 0 Å². The van der Waals surface area contributed by atoms with Crippen LogP contribution in [-0.4, -0.2) is 37.8 Å². The van der Waals surface area contributed by atoms with E-state index in [-0.39, 0.29) is 5.82 Å². The van der Waals surface area contributed by atoms with Crippen LogP contribution in [0.5, 0.6) is 0 Å². The molecule has 4 heterocycles. The number of piperidine rings is 1. The van der Waals surface area contributed by atoms with E-state index in [9.17, 15) is 4.39 Å². The van der Waals surface area contributed by atoms with Crippen LogP contribution in [0.3, 0.4) is 0 Å². The smallest absolute Gasteiger partial charge is 0.140 e. The highest BCUT2D eigenvalue weighted by molar-refractivity contribution is 5.89. The fourth-order valence-electron chi connectivity index (χ4n) is 4.12. The molecule has 7 heteroatoms. The Morgan fingerprint density at radius 2 is 2.04 bits per heavy atom. The Balaban J connectivity index is 1.50. The Morgan fingerprint density at radius 1 is 1.08 bits per heavy atom. The maximum Gasteiger partial charge on any atom is 0.140 e. The Kier molecular flexibility index (Phi) is 3.39. The number of aromatic nitrogens is 5. The van der Waals surface area contributed by atoms with Gasteiger partial charge < -0.3 is 9.47 Å². The predicted molar refractivity (Wildman–Crippen MR) is 92.0 cm³/mol. The van der Waals surface area contributed by atoms with Gasteiger partial charge >= 0.3 is 0 Å². The van der Waals surface area contributed by atoms with E-state index in [4.69, 9.17) is 0 Å². The molecule has 0 saturated carbocycles. The maximum absolute atomic E-state index is 13.7. The molecule has 0 bridgehead atoms. The standard InChI is InChI=1S/C18H19FN6/c19-13-5-6-15-14(9-13)18(21-11-20-15)24-7-1-3-12(10-24)17-23-22-16-4-2-8-25(16)17/h5-6,9,11-12H,1-4,7-8,10H2. The molecule has 25 heavy (non-hydrogen) atoms. The summed E-state index contributed by atoms with van der Waals surface area (Å²) in [5.74, 6) is 3.11. The van der Waals surface area contributed by atoms with E-state index in [0.29, 0.717) is 5.92 Å². The van der Waals surface area contributed by atoms with E-state index < -0.39 is 0 Å². The molecule has 2 aliphatic heterocycles. The third kappa shape index (κ3) is 2.45. The highest BCUT2D eigenvalue weighted by Crippen LogP contribution is 2.32. The average Bonchev–Trinajstić information content (AvgIpc) is 3.25. The van der Waals surface area contributed by atoms with Crippen molar-refractivity contribution in [2.24, 2.45) is 0 Å². The Morgan fingerprint density at radius 3 is 3.00 bits per heavy atom. The van der Waals surface area contributed by atoms with Crippen LogP contribution in [0.4, 0.5) is 10.2 Å². The van der Waals surface area contributed by atoms with Crippen molar-refractivity contribution in [1.29, 1.82) is 0 Å². The summed E-state index contributed by atoms with van der Waals surface area (Å²) in [7, 11) is 0. The second kappa shape index (κ2) is 5.75. The van der Waals surface area contributed by atoms with E-state index in [1.165, 1.54) is 12.1 Å². The van der Waals surface area contributed by atoms with Crippen molar-refractivity contribution in [2.75, 3.05) is 18.0 Å². The van der Waals surface area contributed by atoms with Crippen LogP contribution < -0.4 is 4.90 Å². The van der Waals surface area contributed by atoms with Gasteiger partial charge in [0.25, 0.3) is 0 Å². The van der Waals surface area contributed by atoms with Gasteiger partial charge in [-0.05, 0) is 37.5 Å². The highest BCUT2D eigenvalue weighted by Gasteiger charge is 2.29. The van der Waals surface area contributed by atoms with Crippen LogP contribution in [0.1, 0.15) is 36.8 Å². The topological polar surface area (TPSA) is 59.7 Å². The fourth-order valence-corrected chi connectivity index (χ4v) is 4.12. The molecule has 3 aromatic rings. The summed E-state index contributed by atoms with van der Waals surface area (Å²) in [6, 6.07) is 4.68. The number of nitrogens with zero attached hydrogens (tertiary/aromatic N) is 6. The molecule has 0 N–H and O–H groups in total. The lowest BCUT2D eigenvalue weighted by Gasteiger charge is -2.33. The molecule has 1 fully saturated rings. The van der Waals surface area contributed by atoms with Gasteiger partial charge in [0.2, 0.25) is 0 Å². The summed E-state index contributed by atoms with van der Waals surface area (Å²) in [5, 5.41) is 9.58. The van der Waals surface area contributed by atoms with Gasteiger partial charge in [-0.2, -0.15) is 0 Å². The molecule has 2 aliphatic rings. The minimum absolute atomic E-state index is 0.257. The molecule has 2 aromatic heterocycles. The van der Waals surface area contributed by atoms with Crippen LogP contribution in [0.15, 0.2) is 24.5 Å².